The molecule has 0 aliphatic heterocycles. The molecule has 1 unspecified atom stereocenters. The van der Waals surface area contributed by atoms with E-state index in [1.807, 2.05) is 24.0 Å². The minimum absolute atomic E-state index is 0.159. The van der Waals surface area contributed by atoms with Crippen LogP contribution < -0.4 is 5.32 Å². The SMILES string of the molecule is CCC(C)(Cc1ccccn1)NCCSC(C)C. The van der Waals surface area contributed by atoms with Crippen LogP contribution in [0.4, 0.5) is 0 Å². The van der Waals surface area contributed by atoms with E-state index in [1.54, 1.807) is 0 Å². The van der Waals surface area contributed by atoms with Crippen LogP contribution in [0.5, 0.6) is 0 Å². The topological polar surface area (TPSA) is 24.9 Å². The minimum Gasteiger partial charge on any atom is -0.310 e. The Labute approximate surface area is 116 Å². The Hall–Kier alpha value is -0.540. The number of rotatable bonds is 8. The number of nitrogens with one attached hydrogen (secondary N) is 1. The highest BCUT2D eigenvalue weighted by Crippen LogP contribution is 2.16. The fourth-order valence-electron chi connectivity index (χ4n) is 1.86. The molecule has 1 heterocycles. The lowest BCUT2D eigenvalue weighted by Gasteiger charge is -2.29. The van der Waals surface area contributed by atoms with Crippen molar-refractivity contribution in [1.82, 2.24) is 10.3 Å². The van der Waals surface area contributed by atoms with Gasteiger partial charge in [-0.1, -0.05) is 26.8 Å². The molecule has 0 aromatic carbocycles. The van der Waals surface area contributed by atoms with Crippen LogP contribution in [-0.4, -0.2) is 28.1 Å². The van der Waals surface area contributed by atoms with Gasteiger partial charge in [0.05, 0.1) is 0 Å². The zero-order chi connectivity index (χ0) is 13.4. The van der Waals surface area contributed by atoms with Gasteiger partial charge in [0.25, 0.3) is 0 Å². The van der Waals surface area contributed by atoms with Crippen LogP contribution in [0, 0.1) is 0 Å². The van der Waals surface area contributed by atoms with E-state index in [4.69, 9.17) is 0 Å². The summed E-state index contributed by atoms with van der Waals surface area (Å²) in [7, 11) is 0. The first-order chi connectivity index (χ1) is 8.56. The molecule has 1 aromatic heterocycles. The van der Waals surface area contributed by atoms with Gasteiger partial charge in [0.2, 0.25) is 0 Å². The van der Waals surface area contributed by atoms with Crippen molar-refractivity contribution < 1.29 is 0 Å². The molecule has 18 heavy (non-hydrogen) atoms. The predicted octanol–water partition coefficient (Wildman–Crippen LogP) is 3.52. The molecular weight excluding hydrogens is 240 g/mol. The number of pyridine rings is 1. The van der Waals surface area contributed by atoms with Crippen LogP contribution in [0.1, 0.15) is 39.8 Å². The van der Waals surface area contributed by atoms with E-state index in [-0.39, 0.29) is 5.54 Å². The lowest BCUT2D eigenvalue weighted by molar-refractivity contribution is 0.347. The highest BCUT2D eigenvalue weighted by Gasteiger charge is 2.21. The van der Waals surface area contributed by atoms with Gasteiger partial charge >= 0.3 is 0 Å². The van der Waals surface area contributed by atoms with Crippen molar-refractivity contribution in [2.75, 3.05) is 12.3 Å². The molecule has 2 nitrogen and oxygen atoms in total. The van der Waals surface area contributed by atoms with Crippen molar-refractivity contribution in [1.29, 1.82) is 0 Å². The second-order valence-corrected chi connectivity index (χ2v) is 6.94. The molecule has 0 saturated heterocycles. The molecule has 1 aromatic rings. The smallest absolute Gasteiger partial charge is 0.0421 e. The summed E-state index contributed by atoms with van der Waals surface area (Å²) in [5, 5.41) is 4.41. The lowest BCUT2D eigenvalue weighted by Crippen LogP contribution is -2.45. The van der Waals surface area contributed by atoms with E-state index in [1.165, 1.54) is 11.4 Å². The number of hydrogen-bond acceptors (Lipinski definition) is 3. The van der Waals surface area contributed by atoms with Crippen LogP contribution in [0.2, 0.25) is 0 Å². The molecule has 0 radical (unpaired) electrons. The number of aromatic nitrogens is 1. The maximum atomic E-state index is 4.42. The molecular formula is C15H26N2S. The molecule has 0 spiro atoms. The van der Waals surface area contributed by atoms with Gasteiger partial charge < -0.3 is 5.32 Å². The standard InChI is InChI=1S/C15H26N2S/c1-5-15(4,17-10-11-18-13(2)3)12-14-8-6-7-9-16-14/h6-9,13,17H,5,10-12H2,1-4H3. The van der Waals surface area contributed by atoms with Gasteiger partial charge in [0, 0.05) is 36.1 Å². The first-order valence-electron chi connectivity index (χ1n) is 6.82. The van der Waals surface area contributed by atoms with Crippen molar-refractivity contribution in [3.8, 4) is 0 Å². The highest BCUT2D eigenvalue weighted by molar-refractivity contribution is 7.99. The third kappa shape index (κ3) is 5.87. The highest BCUT2D eigenvalue weighted by atomic mass is 32.2. The molecule has 102 valence electrons. The number of nitrogens with zero attached hydrogens (tertiary/aromatic N) is 1. The molecule has 0 fully saturated rings. The molecule has 0 bridgehead atoms. The monoisotopic (exact) mass is 266 g/mol. The molecule has 1 rings (SSSR count). The van der Waals surface area contributed by atoms with Crippen molar-refractivity contribution in [3.05, 3.63) is 30.1 Å². The fourth-order valence-corrected chi connectivity index (χ4v) is 2.55. The summed E-state index contributed by atoms with van der Waals surface area (Å²) in [4.78, 5) is 4.42. The molecule has 1 atom stereocenters. The van der Waals surface area contributed by atoms with E-state index >= 15 is 0 Å². The van der Waals surface area contributed by atoms with Gasteiger partial charge in [0.15, 0.2) is 0 Å². The van der Waals surface area contributed by atoms with Crippen LogP contribution >= 0.6 is 11.8 Å². The summed E-state index contributed by atoms with van der Waals surface area (Å²) < 4.78 is 0. The van der Waals surface area contributed by atoms with Crippen molar-refractivity contribution in [3.63, 3.8) is 0 Å². The molecule has 0 amide bonds. The van der Waals surface area contributed by atoms with Crippen LogP contribution in [0.15, 0.2) is 24.4 Å². The zero-order valence-corrected chi connectivity index (χ0v) is 12.9. The van der Waals surface area contributed by atoms with Crippen LogP contribution in [0.3, 0.4) is 0 Å². The maximum Gasteiger partial charge on any atom is 0.0421 e. The van der Waals surface area contributed by atoms with E-state index in [9.17, 15) is 0 Å². The summed E-state index contributed by atoms with van der Waals surface area (Å²) in [5.41, 5.74) is 1.33. The van der Waals surface area contributed by atoms with Crippen molar-refractivity contribution >= 4 is 11.8 Å². The van der Waals surface area contributed by atoms with E-state index in [2.05, 4.69) is 50.1 Å². The van der Waals surface area contributed by atoms with Gasteiger partial charge in [-0.3, -0.25) is 4.98 Å². The quantitative estimate of drug-likeness (QED) is 0.729. The first-order valence-corrected chi connectivity index (χ1v) is 7.87. The lowest BCUT2D eigenvalue weighted by atomic mass is 9.92. The summed E-state index contributed by atoms with van der Waals surface area (Å²) in [6, 6.07) is 6.14. The molecule has 0 aliphatic rings. The average molecular weight is 266 g/mol. The summed E-state index contributed by atoms with van der Waals surface area (Å²) >= 11 is 2.01. The first kappa shape index (κ1) is 15.5. The van der Waals surface area contributed by atoms with E-state index < -0.39 is 0 Å². The van der Waals surface area contributed by atoms with E-state index in [0.29, 0.717) is 0 Å². The largest absolute Gasteiger partial charge is 0.310 e. The molecule has 0 aliphatic carbocycles. The summed E-state index contributed by atoms with van der Waals surface area (Å²) in [5.74, 6) is 1.18. The third-order valence-electron chi connectivity index (χ3n) is 3.18. The summed E-state index contributed by atoms with van der Waals surface area (Å²) in [6.07, 6.45) is 3.99. The molecule has 3 heteroatoms. The fraction of sp³-hybridized carbons (Fsp3) is 0.667. The second kappa shape index (κ2) is 7.80. The molecule has 0 saturated carbocycles. The number of thioether (sulfide) groups is 1. The normalized spacial score (nSPS) is 14.7. The third-order valence-corrected chi connectivity index (χ3v) is 4.29. The maximum absolute atomic E-state index is 4.42. The second-order valence-electron chi connectivity index (χ2n) is 5.26. The molecule has 1 N–H and O–H groups in total. The Bertz CT molecular complexity index is 327. The Morgan fingerprint density at radius 2 is 2.17 bits per heavy atom. The summed E-state index contributed by atoms with van der Waals surface area (Å²) in [6.45, 7) is 10.1. The predicted molar refractivity (Wildman–Crippen MR) is 82.2 cm³/mol. The van der Waals surface area contributed by atoms with Crippen LogP contribution in [-0.2, 0) is 6.42 Å². The zero-order valence-electron chi connectivity index (χ0n) is 12.1. The van der Waals surface area contributed by atoms with Gasteiger partial charge in [-0.15, -0.1) is 0 Å². The van der Waals surface area contributed by atoms with Crippen molar-refractivity contribution in [2.24, 2.45) is 0 Å². The van der Waals surface area contributed by atoms with Crippen LogP contribution in [0.25, 0.3) is 0 Å². The Kier molecular flexibility index (Phi) is 6.72. The average Bonchev–Trinajstić information content (AvgIpc) is 2.36. The van der Waals surface area contributed by atoms with Gasteiger partial charge in [-0.2, -0.15) is 11.8 Å². The van der Waals surface area contributed by atoms with Gasteiger partial charge in [0.1, 0.15) is 0 Å². The van der Waals surface area contributed by atoms with E-state index in [0.717, 1.165) is 24.6 Å². The van der Waals surface area contributed by atoms with Gasteiger partial charge in [-0.25, -0.2) is 0 Å². The Morgan fingerprint density at radius 3 is 2.72 bits per heavy atom. The Balaban J connectivity index is 2.42. The minimum atomic E-state index is 0.159. The van der Waals surface area contributed by atoms with Gasteiger partial charge in [-0.05, 0) is 30.7 Å². The number of hydrogen-bond donors (Lipinski definition) is 1. The Morgan fingerprint density at radius 1 is 1.39 bits per heavy atom. The van der Waals surface area contributed by atoms with Crippen molar-refractivity contribution in [2.45, 2.75) is 51.3 Å².